The van der Waals surface area contributed by atoms with Crippen molar-refractivity contribution in [1.82, 2.24) is 0 Å². The van der Waals surface area contributed by atoms with E-state index in [0.717, 1.165) is 12.1 Å². The highest BCUT2D eigenvalue weighted by Gasteiger charge is 2.21. The van der Waals surface area contributed by atoms with Crippen LogP contribution < -0.4 is 5.32 Å². The molecule has 7 nitrogen and oxygen atoms in total. The number of carbonyl (C=O) groups is 2. The van der Waals surface area contributed by atoms with Crippen molar-refractivity contribution in [3.8, 4) is 0 Å². The van der Waals surface area contributed by atoms with Gasteiger partial charge in [0, 0.05) is 16.2 Å². The number of hydrogen-bond donors (Lipinski definition) is 1. The van der Waals surface area contributed by atoms with Crippen LogP contribution in [0, 0.1) is 15.9 Å². The van der Waals surface area contributed by atoms with Gasteiger partial charge >= 0.3 is 11.7 Å². The minimum atomic E-state index is -1.16. The molecular weight excluding hydrogens is 399 g/mol. The molecule has 0 radical (unpaired) electrons. The summed E-state index contributed by atoms with van der Waals surface area (Å²) >= 11 is 3.22. The lowest BCUT2D eigenvalue weighted by Gasteiger charge is -2.13. The number of anilines is 1. The van der Waals surface area contributed by atoms with Gasteiger partial charge in [-0.2, -0.15) is 4.39 Å². The maximum absolute atomic E-state index is 13.3. The number of halogens is 2. The Balaban J connectivity index is 2.04. The zero-order chi connectivity index (χ0) is 18.6. The Morgan fingerprint density at radius 3 is 2.64 bits per heavy atom. The summed E-state index contributed by atoms with van der Waals surface area (Å²) in [6.45, 7) is 1.35. The van der Waals surface area contributed by atoms with Crippen molar-refractivity contribution in [1.29, 1.82) is 0 Å². The van der Waals surface area contributed by atoms with Crippen molar-refractivity contribution >= 4 is 39.2 Å². The Labute approximate surface area is 150 Å². The number of carbonyl (C=O) groups excluding carboxylic acids is 2. The average Bonchev–Trinajstić information content (AvgIpc) is 2.56. The molecular formula is C16H12BrFN2O5. The molecule has 0 saturated carbocycles. The third kappa shape index (κ3) is 4.83. The second-order valence-electron chi connectivity index (χ2n) is 4.97. The molecule has 0 fully saturated rings. The fourth-order valence-corrected chi connectivity index (χ4v) is 2.27. The number of esters is 1. The highest BCUT2D eigenvalue weighted by Crippen LogP contribution is 2.22. The Morgan fingerprint density at radius 1 is 1.28 bits per heavy atom. The molecule has 0 aliphatic rings. The highest BCUT2D eigenvalue weighted by atomic mass is 79.9. The van der Waals surface area contributed by atoms with Crippen molar-refractivity contribution in [2.24, 2.45) is 0 Å². The number of nitro groups is 1. The summed E-state index contributed by atoms with van der Waals surface area (Å²) in [6, 6.07) is 9.36. The maximum Gasteiger partial charge on any atom is 0.338 e. The first kappa shape index (κ1) is 18.5. The Hall–Kier alpha value is -2.81. The molecule has 2 aromatic rings. The molecule has 0 spiro atoms. The van der Waals surface area contributed by atoms with E-state index in [4.69, 9.17) is 4.74 Å². The van der Waals surface area contributed by atoms with Crippen LogP contribution in [0.2, 0.25) is 0 Å². The Bertz CT molecular complexity index is 843. The minimum Gasteiger partial charge on any atom is -0.449 e. The van der Waals surface area contributed by atoms with Crippen molar-refractivity contribution in [3.05, 3.63) is 68.4 Å². The van der Waals surface area contributed by atoms with Crippen LogP contribution in [0.5, 0.6) is 0 Å². The lowest BCUT2D eigenvalue weighted by Crippen LogP contribution is -2.30. The van der Waals surface area contributed by atoms with E-state index in [0.29, 0.717) is 4.47 Å². The summed E-state index contributed by atoms with van der Waals surface area (Å²) in [5, 5.41) is 13.0. The first-order valence-electron chi connectivity index (χ1n) is 6.99. The number of ether oxygens (including phenoxy) is 1. The topological polar surface area (TPSA) is 98.5 Å². The highest BCUT2D eigenvalue weighted by molar-refractivity contribution is 9.10. The lowest BCUT2D eigenvalue weighted by atomic mass is 10.2. The predicted molar refractivity (Wildman–Crippen MR) is 90.7 cm³/mol. The molecule has 0 heterocycles. The quantitative estimate of drug-likeness (QED) is 0.460. The number of amides is 1. The largest absolute Gasteiger partial charge is 0.449 e. The van der Waals surface area contributed by atoms with Gasteiger partial charge in [-0.15, -0.1) is 0 Å². The zero-order valence-electron chi connectivity index (χ0n) is 12.9. The van der Waals surface area contributed by atoms with Gasteiger partial charge in [0.15, 0.2) is 6.10 Å². The Morgan fingerprint density at radius 2 is 2.00 bits per heavy atom. The Kier molecular flexibility index (Phi) is 5.81. The van der Waals surface area contributed by atoms with Crippen LogP contribution in [0.4, 0.5) is 15.8 Å². The summed E-state index contributed by atoms with van der Waals surface area (Å²) < 4.78 is 19.0. The van der Waals surface area contributed by atoms with Gasteiger partial charge in [0.1, 0.15) is 0 Å². The van der Waals surface area contributed by atoms with Gasteiger partial charge in [0.05, 0.1) is 10.5 Å². The number of nitrogens with one attached hydrogen (secondary N) is 1. The van der Waals surface area contributed by atoms with Crippen LogP contribution in [0.1, 0.15) is 17.3 Å². The number of hydrogen-bond acceptors (Lipinski definition) is 5. The maximum atomic E-state index is 13.3. The van der Waals surface area contributed by atoms with Crippen molar-refractivity contribution in [2.45, 2.75) is 13.0 Å². The van der Waals surface area contributed by atoms with Crippen LogP contribution in [0.3, 0.4) is 0 Å². The first-order chi connectivity index (χ1) is 11.8. The van der Waals surface area contributed by atoms with Gasteiger partial charge in [-0.25, -0.2) is 4.79 Å². The van der Waals surface area contributed by atoms with Crippen molar-refractivity contribution in [2.75, 3.05) is 5.32 Å². The lowest BCUT2D eigenvalue weighted by molar-refractivity contribution is -0.387. The predicted octanol–water partition coefficient (Wildman–Crippen LogP) is 3.68. The number of benzene rings is 2. The van der Waals surface area contributed by atoms with Crippen LogP contribution >= 0.6 is 15.9 Å². The molecule has 1 amide bonds. The normalized spacial score (nSPS) is 11.5. The van der Waals surface area contributed by atoms with Gasteiger partial charge in [-0.05, 0) is 37.3 Å². The van der Waals surface area contributed by atoms with E-state index in [1.54, 1.807) is 12.1 Å². The smallest absolute Gasteiger partial charge is 0.338 e. The minimum absolute atomic E-state index is 0.0171. The monoisotopic (exact) mass is 410 g/mol. The molecule has 0 aromatic heterocycles. The van der Waals surface area contributed by atoms with Crippen molar-refractivity contribution < 1.29 is 23.6 Å². The van der Waals surface area contributed by atoms with E-state index < -0.39 is 34.4 Å². The molecule has 0 aliphatic heterocycles. The molecule has 1 atom stereocenters. The molecule has 1 N–H and O–H groups in total. The average molecular weight is 411 g/mol. The fraction of sp³-hybridized carbons (Fsp3) is 0.125. The third-order valence-electron chi connectivity index (χ3n) is 3.12. The number of rotatable bonds is 5. The number of nitrogens with zero attached hydrogens (tertiary/aromatic N) is 1. The molecule has 0 bridgehead atoms. The van der Waals surface area contributed by atoms with E-state index >= 15 is 0 Å². The van der Waals surface area contributed by atoms with Crippen molar-refractivity contribution in [3.63, 3.8) is 0 Å². The third-order valence-corrected chi connectivity index (χ3v) is 3.62. The van der Waals surface area contributed by atoms with Gasteiger partial charge in [-0.3, -0.25) is 14.9 Å². The molecule has 2 rings (SSSR count). The second-order valence-corrected chi connectivity index (χ2v) is 5.89. The fourth-order valence-electron chi connectivity index (χ4n) is 1.87. The van der Waals surface area contributed by atoms with E-state index in [2.05, 4.69) is 21.2 Å². The SMILES string of the molecule is C[C@@H](OC(=O)c1cccc(Br)c1)C(=O)Nc1ccc(F)c([N+](=O)[O-])c1. The summed E-state index contributed by atoms with van der Waals surface area (Å²) in [7, 11) is 0. The zero-order valence-corrected chi connectivity index (χ0v) is 14.4. The van der Waals surface area contributed by atoms with E-state index in [1.807, 2.05) is 0 Å². The second kappa shape index (κ2) is 7.84. The van der Waals surface area contributed by atoms with E-state index in [-0.39, 0.29) is 11.3 Å². The molecule has 25 heavy (non-hydrogen) atoms. The molecule has 0 aliphatic carbocycles. The molecule has 0 unspecified atom stereocenters. The first-order valence-corrected chi connectivity index (χ1v) is 7.78. The molecule has 9 heteroatoms. The summed E-state index contributed by atoms with van der Waals surface area (Å²) in [6.07, 6.45) is -1.16. The molecule has 0 saturated heterocycles. The van der Waals surface area contributed by atoms with E-state index in [9.17, 15) is 24.1 Å². The molecule has 130 valence electrons. The van der Waals surface area contributed by atoms with Gasteiger partial charge < -0.3 is 10.1 Å². The molecule has 2 aromatic carbocycles. The standard InChI is InChI=1S/C16H12BrFN2O5/c1-9(25-16(22)10-3-2-4-11(17)7-10)15(21)19-12-5-6-13(18)14(8-12)20(23)24/h2-9H,1H3,(H,19,21)/t9-/m1/s1. The summed E-state index contributed by atoms with van der Waals surface area (Å²) in [5.74, 6) is -2.42. The van der Waals surface area contributed by atoms with Gasteiger partial charge in [-0.1, -0.05) is 22.0 Å². The van der Waals surface area contributed by atoms with E-state index in [1.165, 1.54) is 25.1 Å². The van der Waals surface area contributed by atoms with Crippen LogP contribution in [0.25, 0.3) is 0 Å². The van der Waals surface area contributed by atoms with Crippen LogP contribution in [-0.2, 0) is 9.53 Å². The van der Waals surface area contributed by atoms with Gasteiger partial charge in [0.2, 0.25) is 5.82 Å². The summed E-state index contributed by atoms with van der Waals surface area (Å²) in [4.78, 5) is 33.8. The van der Waals surface area contributed by atoms with Gasteiger partial charge in [0.25, 0.3) is 5.91 Å². The summed E-state index contributed by atoms with van der Waals surface area (Å²) in [5.41, 5.74) is -0.494. The van der Waals surface area contributed by atoms with Crippen LogP contribution in [-0.4, -0.2) is 22.9 Å². The number of nitro benzene ring substituents is 1. The van der Waals surface area contributed by atoms with Crippen LogP contribution in [0.15, 0.2) is 46.9 Å².